The maximum atomic E-state index is 13.9. The van der Waals surface area contributed by atoms with Crippen molar-refractivity contribution < 1.29 is 8.78 Å². The summed E-state index contributed by atoms with van der Waals surface area (Å²) in [5, 5.41) is 3.65. The largest absolute Gasteiger partial charge is 0.311 e. The van der Waals surface area contributed by atoms with Gasteiger partial charge in [0.25, 0.3) is 0 Å². The molecule has 1 saturated heterocycles. The van der Waals surface area contributed by atoms with Crippen LogP contribution in [0.3, 0.4) is 0 Å². The first-order chi connectivity index (χ1) is 10.0. The van der Waals surface area contributed by atoms with Gasteiger partial charge in [0.05, 0.1) is 0 Å². The molecule has 2 atom stereocenters. The standard InChI is InChI=1S/C17H24F2N2/c1-3-17(2)11-20-16(12-4-5-12)10-21(17)9-13-8-14(18)6-7-15(13)19/h6-8,12,16,20H,3-5,9-11H2,1-2H3. The highest BCUT2D eigenvalue weighted by atomic mass is 19.1. The Bertz CT molecular complexity index is 516. The minimum atomic E-state index is -0.363. The summed E-state index contributed by atoms with van der Waals surface area (Å²) in [7, 11) is 0. The van der Waals surface area contributed by atoms with E-state index in [2.05, 4.69) is 24.1 Å². The van der Waals surface area contributed by atoms with E-state index in [-0.39, 0.29) is 17.2 Å². The first kappa shape index (κ1) is 14.9. The first-order valence-corrected chi connectivity index (χ1v) is 7.94. The Hall–Kier alpha value is -1.00. The molecule has 2 nitrogen and oxygen atoms in total. The van der Waals surface area contributed by atoms with Crippen molar-refractivity contribution in [2.45, 2.75) is 51.2 Å². The van der Waals surface area contributed by atoms with Gasteiger partial charge < -0.3 is 5.32 Å². The lowest BCUT2D eigenvalue weighted by atomic mass is 9.90. The van der Waals surface area contributed by atoms with E-state index >= 15 is 0 Å². The minimum Gasteiger partial charge on any atom is -0.311 e. The average Bonchev–Trinajstić information content (AvgIpc) is 3.30. The quantitative estimate of drug-likeness (QED) is 0.916. The third-order valence-corrected chi connectivity index (χ3v) is 5.25. The molecule has 1 aliphatic heterocycles. The second-order valence-electron chi connectivity index (χ2n) is 6.79. The van der Waals surface area contributed by atoms with Crippen molar-refractivity contribution in [2.75, 3.05) is 13.1 Å². The molecule has 1 N–H and O–H groups in total. The summed E-state index contributed by atoms with van der Waals surface area (Å²) in [6.07, 6.45) is 3.58. The smallest absolute Gasteiger partial charge is 0.127 e. The van der Waals surface area contributed by atoms with Crippen molar-refractivity contribution in [3.8, 4) is 0 Å². The van der Waals surface area contributed by atoms with Crippen molar-refractivity contribution in [1.29, 1.82) is 0 Å². The van der Waals surface area contributed by atoms with E-state index in [4.69, 9.17) is 0 Å². The summed E-state index contributed by atoms with van der Waals surface area (Å²) in [4.78, 5) is 2.34. The monoisotopic (exact) mass is 294 g/mol. The number of piperazine rings is 1. The van der Waals surface area contributed by atoms with Gasteiger partial charge in [-0.05, 0) is 50.3 Å². The second-order valence-corrected chi connectivity index (χ2v) is 6.79. The van der Waals surface area contributed by atoms with Crippen LogP contribution in [0.25, 0.3) is 0 Å². The molecule has 2 unspecified atom stereocenters. The fourth-order valence-corrected chi connectivity index (χ4v) is 3.27. The van der Waals surface area contributed by atoms with Crippen LogP contribution in [0.2, 0.25) is 0 Å². The van der Waals surface area contributed by atoms with E-state index in [0.717, 1.165) is 25.4 Å². The third kappa shape index (κ3) is 3.11. The van der Waals surface area contributed by atoms with Gasteiger partial charge in [0.2, 0.25) is 0 Å². The number of rotatable bonds is 4. The Balaban J connectivity index is 1.79. The molecule has 1 saturated carbocycles. The van der Waals surface area contributed by atoms with Crippen molar-refractivity contribution in [2.24, 2.45) is 5.92 Å². The fourth-order valence-electron chi connectivity index (χ4n) is 3.27. The summed E-state index contributed by atoms with van der Waals surface area (Å²) in [6.45, 7) is 6.69. The highest BCUT2D eigenvalue weighted by Crippen LogP contribution is 2.37. The number of nitrogens with zero attached hydrogens (tertiary/aromatic N) is 1. The van der Waals surface area contributed by atoms with Crippen LogP contribution >= 0.6 is 0 Å². The molecule has 4 heteroatoms. The van der Waals surface area contributed by atoms with Crippen LogP contribution in [0.15, 0.2) is 18.2 Å². The maximum Gasteiger partial charge on any atom is 0.127 e. The number of halogens is 2. The molecule has 1 heterocycles. The summed E-state index contributed by atoms with van der Waals surface area (Å²) in [6, 6.07) is 4.25. The predicted molar refractivity (Wildman–Crippen MR) is 80.0 cm³/mol. The Morgan fingerprint density at radius 3 is 2.76 bits per heavy atom. The summed E-state index contributed by atoms with van der Waals surface area (Å²) in [5.41, 5.74) is 0.468. The van der Waals surface area contributed by atoms with Gasteiger partial charge >= 0.3 is 0 Å². The number of hydrogen-bond donors (Lipinski definition) is 1. The SMILES string of the molecule is CCC1(C)CNC(C2CC2)CN1Cc1cc(F)ccc1F. The van der Waals surface area contributed by atoms with Crippen molar-refractivity contribution in [3.63, 3.8) is 0 Å². The lowest BCUT2D eigenvalue weighted by molar-refractivity contribution is 0.0360. The van der Waals surface area contributed by atoms with Gasteiger partial charge in [-0.1, -0.05) is 6.92 Å². The second kappa shape index (κ2) is 5.65. The van der Waals surface area contributed by atoms with Crippen LogP contribution in [0.1, 0.15) is 38.7 Å². The van der Waals surface area contributed by atoms with Gasteiger partial charge in [-0.3, -0.25) is 4.90 Å². The zero-order valence-corrected chi connectivity index (χ0v) is 12.8. The topological polar surface area (TPSA) is 15.3 Å². The van der Waals surface area contributed by atoms with Gasteiger partial charge in [-0.15, -0.1) is 0 Å². The highest BCUT2D eigenvalue weighted by Gasteiger charge is 2.41. The summed E-state index contributed by atoms with van der Waals surface area (Å²) < 4.78 is 27.3. The molecule has 0 spiro atoms. The van der Waals surface area contributed by atoms with Crippen molar-refractivity contribution in [3.05, 3.63) is 35.4 Å². The molecule has 0 radical (unpaired) electrons. The molecule has 2 fully saturated rings. The maximum absolute atomic E-state index is 13.9. The van der Waals surface area contributed by atoms with Crippen LogP contribution in [-0.2, 0) is 6.54 Å². The van der Waals surface area contributed by atoms with E-state index in [1.807, 2.05) is 0 Å². The van der Waals surface area contributed by atoms with E-state index in [1.54, 1.807) is 0 Å². The predicted octanol–water partition coefficient (Wildman–Crippen LogP) is 3.32. The van der Waals surface area contributed by atoms with Crippen LogP contribution in [-0.4, -0.2) is 29.6 Å². The molecular weight excluding hydrogens is 270 g/mol. The fraction of sp³-hybridized carbons (Fsp3) is 0.647. The molecule has 21 heavy (non-hydrogen) atoms. The van der Waals surface area contributed by atoms with Gasteiger partial charge in [0, 0.05) is 36.8 Å². The summed E-state index contributed by atoms with van der Waals surface area (Å²) in [5.74, 6) is 0.0982. The van der Waals surface area contributed by atoms with E-state index < -0.39 is 0 Å². The number of nitrogens with one attached hydrogen (secondary N) is 1. The van der Waals surface area contributed by atoms with Gasteiger partial charge in [0.15, 0.2) is 0 Å². The molecule has 3 rings (SSSR count). The zero-order chi connectivity index (χ0) is 15.0. The van der Waals surface area contributed by atoms with Gasteiger partial charge in [-0.2, -0.15) is 0 Å². The number of benzene rings is 1. The Morgan fingerprint density at radius 2 is 2.10 bits per heavy atom. The van der Waals surface area contributed by atoms with E-state index in [0.29, 0.717) is 18.2 Å². The summed E-state index contributed by atoms with van der Waals surface area (Å²) >= 11 is 0. The third-order valence-electron chi connectivity index (χ3n) is 5.25. The lowest BCUT2D eigenvalue weighted by Crippen LogP contribution is -2.63. The lowest BCUT2D eigenvalue weighted by Gasteiger charge is -2.48. The Labute approximate surface area is 125 Å². The molecule has 1 aromatic rings. The molecule has 0 bridgehead atoms. The van der Waals surface area contributed by atoms with Crippen molar-refractivity contribution in [1.82, 2.24) is 10.2 Å². The molecule has 0 amide bonds. The zero-order valence-electron chi connectivity index (χ0n) is 12.8. The average molecular weight is 294 g/mol. The molecule has 0 aromatic heterocycles. The number of hydrogen-bond acceptors (Lipinski definition) is 2. The highest BCUT2D eigenvalue weighted by molar-refractivity contribution is 5.19. The molecule has 1 aromatic carbocycles. The van der Waals surface area contributed by atoms with Crippen LogP contribution < -0.4 is 5.32 Å². The first-order valence-electron chi connectivity index (χ1n) is 7.94. The molecular formula is C17H24F2N2. The normalized spacial score (nSPS) is 30.6. The van der Waals surface area contributed by atoms with E-state index in [9.17, 15) is 8.78 Å². The van der Waals surface area contributed by atoms with Crippen LogP contribution in [0.4, 0.5) is 8.78 Å². The van der Waals surface area contributed by atoms with Gasteiger partial charge in [0.1, 0.15) is 11.6 Å². The minimum absolute atomic E-state index is 0.00411. The van der Waals surface area contributed by atoms with Crippen molar-refractivity contribution >= 4 is 0 Å². The molecule has 1 aliphatic carbocycles. The molecule has 2 aliphatic rings. The Kier molecular flexibility index (Phi) is 4.02. The van der Waals surface area contributed by atoms with Gasteiger partial charge in [-0.25, -0.2) is 8.78 Å². The van der Waals surface area contributed by atoms with Crippen LogP contribution in [0.5, 0.6) is 0 Å². The van der Waals surface area contributed by atoms with E-state index in [1.165, 1.54) is 31.0 Å². The molecule has 116 valence electrons. The Morgan fingerprint density at radius 1 is 1.33 bits per heavy atom. The van der Waals surface area contributed by atoms with Crippen LogP contribution in [0, 0.1) is 17.6 Å².